The molecule has 0 amide bonds. The predicted molar refractivity (Wildman–Crippen MR) is 48.3 cm³/mol. The minimum absolute atomic E-state index is 0.197. The molecule has 0 spiro atoms. The molecule has 0 aliphatic rings. The molecule has 0 aliphatic heterocycles. The smallest absolute Gasteiger partial charge is 0.294 e. The van der Waals surface area contributed by atoms with Crippen LogP contribution in [0.25, 0.3) is 0 Å². The van der Waals surface area contributed by atoms with Gasteiger partial charge in [-0.2, -0.15) is 8.42 Å². The number of hydrogen-bond donors (Lipinski definition) is 1. The first kappa shape index (κ1) is 11.3. The first-order valence-electron chi connectivity index (χ1n) is 3.57. The van der Waals surface area contributed by atoms with Crippen LogP contribution in [0.1, 0.15) is 10.4 Å². The fourth-order valence-electron chi connectivity index (χ4n) is 0.928. The Balaban J connectivity index is 3.50. The van der Waals surface area contributed by atoms with Crippen molar-refractivity contribution in [2.75, 3.05) is 0 Å². The Morgan fingerprint density at radius 1 is 1.33 bits per heavy atom. The molecule has 1 aromatic carbocycles. The van der Waals surface area contributed by atoms with Gasteiger partial charge in [0.2, 0.25) is 0 Å². The van der Waals surface area contributed by atoms with Crippen LogP contribution in [-0.2, 0) is 10.1 Å². The van der Waals surface area contributed by atoms with Gasteiger partial charge in [-0.1, -0.05) is 0 Å². The van der Waals surface area contributed by atoms with Crippen molar-refractivity contribution in [3.8, 4) is 0 Å². The highest BCUT2D eigenvalue weighted by atomic mass is 32.2. The van der Waals surface area contributed by atoms with Crippen molar-refractivity contribution in [1.29, 1.82) is 0 Å². The molecule has 1 N–H and O–H groups in total. The third kappa shape index (κ3) is 2.58. The normalized spacial score (nSPS) is 11.0. The average Bonchev–Trinajstić information content (AvgIpc) is 2.15. The number of non-ortho nitro benzene ring substituents is 1. The van der Waals surface area contributed by atoms with E-state index in [9.17, 15) is 23.3 Å². The molecule has 0 aliphatic carbocycles. The zero-order chi connectivity index (χ0) is 11.6. The summed E-state index contributed by atoms with van der Waals surface area (Å²) in [5.74, 6) is 0. The Kier molecular flexibility index (Phi) is 2.82. The van der Waals surface area contributed by atoms with Crippen LogP contribution in [0.2, 0.25) is 0 Å². The highest BCUT2D eigenvalue weighted by Gasteiger charge is 2.16. The molecule has 0 bridgehead atoms. The summed E-state index contributed by atoms with van der Waals surface area (Å²) in [6, 6.07) is 2.42. The number of aldehydes is 1. The lowest BCUT2D eigenvalue weighted by Gasteiger charge is -1.98. The zero-order valence-electron chi connectivity index (χ0n) is 7.15. The van der Waals surface area contributed by atoms with Gasteiger partial charge < -0.3 is 0 Å². The van der Waals surface area contributed by atoms with Crippen LogP contribution in [0.15, 0.2) is 23.1 Å². The zero-order valence-corrected chi connectivity index (χ0v) is 7.97. The van der Waals surface area contributed by atoms with Crippen LogP contribution in [0.4, 0.5) is 5.69 Å². The summed E-state index contributed by atoms with van der Waals surface area (Å²) in [5.41, 5.74) is -0.774. The number of benzene rings is 1. The van der Waals surface area contributed by atoms with E-state index in [0.29, 0.717) is 6.07 Å². The second-order valence-electron chi connectivity index (χ2n) is 2.61. The van der Waals surface area contributed by atoms with Crippen molar-refractivity contribution in [2.24, 2.45) is 0 Å². The van der Waals surface area contributed by atoms with Gasteiger partial charge in [0, 0.05) is 17.7 Å². The van der Waals surface area contributed by atoms with Crippen molar-refractivity contribution in [1.82, 2.24) is 0 Å². The fourth-order valence-corrected chi connectivity index (χ4v) is 1.48. The van der Waals surface area contributed by atoms with Gasteiger partial charge in [-0.25, -0.2) is 0 Å². The molecular weight excluding hydrogens is 226 g/mol. The van der Waals surface area contributed by atoms with Crippen LogP contribution < -0.4 is 0 Å². The monoisotopic (exact) mass is 231 g/mol. The molecule has 0 fully saturated rings. The van der Waals surface area contributed by atoms with Crippen LogP contribution in [-0.4, -0.2) is 24.2 Å². The molecular formula is C7H5NO6S. The van der Waals surface area contributed by atoms with Gasteiger partial charge in [0.05, 0.1) is 4.92 Å². The maximum Gasteiger partial charge on any atom is 0.294 e. The first-order valence-corrected chi connectivity index (χ1v) is 5.01. The lowest BCUT2D eigenvalue weighted by Crippen LogP contribution is -2.01. The Hall–Kier alpha value is -1.80. The van der Waals surface area contributed by atoms with E-state index in [0.717, 1.165) is 12.1 Å². The van der Waals surface area contributed by atoms with Crippen LogP contribution in [0, 0.1) is 10.1 Å². The van der Waals surface area contributed by atoms with Crippen molar-refractivity contribution < 1.29 is 22.7 Å². The quantitative estimate of drug-likeness (QED) is 0.353. The van der Waals surface area contributed by atoms with Gasteiger partial charge >= 0.3 is 0 Å². The minimum Gasteiger partial charge on any atom is -0.298 e. The van der Waals surface area contributed by atoms with E-state index in [1.165, 1.54) is 0 Å². The molecule has 8 heteroatoms. The number of nitro benzene ring substituents is 1. The summed E-state index contributed by atoms with van der Waals surface area (Å²) < 4.78 is 30.0. The molecule has 0 atom stereocenters. The van der Waals surface area contributed by atoms with Crippen molar-refractivity contribution in [2.45, 2.75) is 4.90 Å². The van der Waals surface area contributed by atoms with Crippen LogP contribution >= 0.6 is 0 Å². The largest absolute Gasteiger partial charge is 0.298 e. The standard InChI is InChI=1S/C7H5NO6S/c9-4-5-1-6(8(10)11)3-7(2-5)15(12,13)14/h1-4H,(H,12,13,14). The summed E-state index contributed by atoms with van der Waals surface area (Å²) in [5, 5.41) is 10.4. The molecule has 1 rings (SSSR count). The van der Waals surface area contributed by atoms with Gasteiger partial charge in [0.1, 0.15) is 11.2 Å². The second-order valence-corrected chi connectivity index (χ2v) is 4.03. The van der Waals surface area contributed by atoms with Gasteiger partial charge in [0.25, 0.3) is 15.8 Å². The molecule has 0 heterocycles. The summed E-state index contributed by atoms with van der Waals surface area (Å²) in [7, 11) is -4.55. The van der Waals surface area contributed by atoms with E-state index >= 15 is 0 Å². The molecule has 7 nitrogen and oxygen atoms in total. The maximum absolute atomic E-state index is 10.7. The highest BCUT2D eigenvalue weighted by Crippen LogP contribution is 2.19. The lowest BCUT2D eigenvalue weighted by molar-refractivity contribution is -0.385. The van der Waals surface area contributed by atoms with E-state index in [1.807, 2.05) is 0 Å². The molecule has 0 saturated carbocycles. The van der Waals surface area contributed by atoms with Crippen molar-refractivity contribution in [3.63, 3.8) is 0 Å². The molecule has 0 unspecified atom stereocenters. The van der Waals surface area contributed by atoms with E-state index in [1.54, 1.807) is 0 Å². The Morgan fingerprint density at radius 3 is 2.33 bits per heavy atom. The SMILES string of the molecule is O=Cc1cc([N+](=O)[O-])cc(S(=O)(=O)O)c1. The van der Waals surface area contributed by atoms with Crippen LogP contribution in [0.5, 0.6) is 0 Å². The van der Waals surface area contributed by atoms with Gasteiger partial charge in [-0.15, -0.1) is 0 Å². The molecule has 1 aromatic rings. The molecule has 0 aromatic heterocycles. The lowest BCUT2D eigenvalue weighted by atomic mass is 10.2. The predicted octanol–water partition coefficient (Wildman–Crippen LogP) is 0.654. The molecule has 80 valence electrons. The molecule has 15 heavy (non-hydrogen) atoms. The minimum atomic E-state index is -4.55. The molecule has 0 saturated heterocycles. The number of hydrogen-bond acceptors (Lipinski definition) is 5. The number of nitrogens with zero attached hydrogens (tertiary/aromatic N) is 1. The summed E-state index contributed by atoms with van der Waals surface area (Å²) in [4.78, 5) is 19.2. The van der Waals surface area contributed by atoms with Gasteiger partial charge in [-0.3, -0.25) is 19.5 Å². The van der Waals surface area contributed by atoms with E-state index in [2.05, 4.69) is 0 Å². The Labute approximate surface area is 84.2 Å². The number of carbonyl (C=O) groups is 1. The van der Waals surface area contributed by atoms with E-state index in [-0.39, 0.29) is 11.8 Å². The van der Waals surface area contributed by atoms with Crippen molar-refractivity contribution in [3.05, 3.63) is 33.9 Å². The summed E-state index contributed by atoms with van der Waals surface area (Å²) >= 11 is 0. The topological polar surface area (TPSA) is 115 Å². The fraction of sp³-hybridized carbons (Fsp3) is 0. The average molecular weight is 231 g/mol. The first-order chi connectivity index (χ1) is 6.84. The summed E-state index contributed by atoms with van der Waals surface area (Å²) in [6.45, 7) is 0. The maximum atomic E-state index is 10.7. The van der Waals surface area contributed by atoms with Gasteiger partial charge in [-0.05, 0) is 6.07 Å². The second kappa shape index (κ2) is 3.75. The summed E-state index contributed by atoms with van der Waals surface area (Å²) in [6.07, 6.45) is 0.252. The molecule has 0 radical (unpaired) electrons. The number of nitro groups is 1. The van der Waals surface area contributed by atoms with Gasteiger partial charge in [0.15, 0.2) is 0 Å². The van der Waals surface area contributed by atoms with Crippen molar-refractivity contribution >= 4 is 22.1 Å². The highest BCUT2D eigenvalue weighted by molar-refractivity contribution is 7.85. The third-order valence-electron chi connectivity index (χ3n) is 1.56. The van der Waals surface area contributed by atoms with E-state index < -0.39 is 25.6 Å². The number of rotatable bonds is 3. The number of carbonyl (C=O) groups excluding carboxylic acids is 1. The van der Waals surface area contributed by atoms with Crippen LogP contribution in [0.3, 0.4) is 0 Å². The third-order valence-corrected chi connectivity index (χ3v) is 2.39. The Morgan fingerprint density at radius 2 is 1.93 bits per heavy atom. The Bertz CT molecular complexity index is 520. The van der Waals surface area contributed by atoms with E-state index in [4.69, 9.17) is 4.55 Å².